The van der Waals surface area contributed by atoms with E-state index in [1.54, 1.807) is 17.0 Å². The van der Waals surface area contributed by atoms with E-state index in [1.165, 1.54) is 12.1 Å². The Morgan fingerprint density at radius 2 is 2.16 bits per heavy atom. The minimum atomic E-state index is -0.567. The molecule has 0 atom stereocenters. The number of benzene rings is 1. The van der Waals surface area contributed by atoms with Crippen LogP contribution >= 0.6 is 15.9 Å². The molecule has 0 saturated carbocycles. The third kappa shape index (κ3) is 3.19. The first-order chi connectivity index (χ1) is 9.13. The van der Waals surface area contributed by atoms with Crippen LogP contribution in [0.15, 0.2) is 29.0 Å². The molecule has 0 aliphatic carbocycles. The van der Waals surface area contributed by atoms with Gasteiger partial charge in [-0.15, -0.1) is 0 Å². The minimum Gasteiger partial charge on any atom is -0.329 e. The topological polar surface area (TPSA) is 29.9 Å². The van der Waals surface area contributed by atoms with Crippen LogP contribution in [0.3, 0.4) is 0 Å². The summed E-state index contributed by atoms with van der Waals surface area (Å²) in [6, 6.07) is 2.62. The van der Waals surface area contributed by atoms with Gasteiger partial charge in [0.05, 0.1) is 17.6 Å². The molecule has 1 heterocycles. The number of halogens is 3. The van der Waals surface area contributed by atoms with E-state index >= 15 is 0 Å². The van der Waals surface area contributed by atoms with Gasteiger partial charge in [0.25, 0.3) is 0 Å². The largest absolute Gasteiger partial charge is 0.329 e. The second kappa shape index (κ2) is 6.25. The van der Waals surface area contributed by atoms with E-state index in [0.29, 0.717) is 6.54 Å². The normalized spacial score (nSPS) is 10.9. The van der Waals surface area contributed by atoms with Crippen molar-refractivity contribution in [2.75, 3.05) is 6.54 Å². The Kier molecular flexibility index (Phi) is 4.66. The third-order valence-electron chi connectivity index (χ3n) is 2.80. The van der Waals surface area contributed by atoms with Crippen LogP contribution in [0.4, 0.5) is 8.78 Å². The van der Waals surface area contributed by atoms with Crippen LogP contribution in [0.1, 0.15) is 18.3 Å². The maximum absolute atomic E-state index is 13.9. The van der Waals surface area contributed by atoms with E-state index in [0.717, 1.165) is 12.4 Å². The molecule has 0 spiro atoms. The summed E-state index contributed by atoms with van der Waals surface area (Å²) in [5, 5.41) is 3.14. The lowest BCUT2D eigenvalue weighted by atomic mass is 10.2. The number of rotatable bonds is 5. The fourth-order valence-electron chi connectivity index (χ4n) is 1.77. The van der Waals surface area contributed by atoms with Gasteiger partial charge in [0, 0.05) is 18.0 Å². The van der Waals surface area contributed by atoms with Gasteiger partial charge in [0.15, 0.2) is 0 Å². The zero-order chi connectivity index (χ0) is 13.8. The molecule has 3 nitrogen and oxygen atoms in total. The first-order valence-electron chi connectivity index (χ1n) is 5.96. The second-order valence-electron chi connectivity index (χ2n) is 4.07. The monoisotopic (exact) mass is 329 g/mol. The molecule has 1 N–H and O–H groups in total. The predicted octanol–water partition coefficient (Wildman–Crippen LogP) is 3.08. The number of imidazole rings is 1. The lowest BCUT2D eigenvalue weighted by molar-refractivity contribution is 0.533. The van der Waals surface area contributed by atoms with Gasteiger partial charge in [-0.2, -0.15) is 0 Å². The Hall–Kier alpha value is -1.27. The molecule has 2 aromatic rings. The molecule has 0 radical (unpaired) electrons. The average Bonchev–Trinajstić information content (AvgIpc) is 2.84. The van der Waals surface area contributed by atoms with Crippen molar-refractivity contribution >= 4 is 15.9 Å². The molecule has 0 bridgehead atoms. The number of nitrogens with one attached hydrogen (secondary N) is 1. The van der Waals surface area contributed by atoms with Gasteiger partial charge in [-0.1, -0.05) is 6.92 Å². The quantitative estimate of drug-likeness (QED) is 0.854. The van der Waals surface area contributed by atoms with E-state index in [1.807, 2.05) is 6.92 Å². The molecule has 19 heavy (non-hydrogen) atoms. The van der Waals surface area contributed by atoms with Gasteiger partial charge in [-0.05, 0) is 34.6 Å². The van der Waals surface area contributed by atoms with Crippen molar-refractivity contribution in [2.45, 2.75) is 20.0 Å². The van der Waals surface area contributed by atoms with Crippen molar-refractivity contribution < 1.29 is 8.78 Å². The van der Waals surface area contributed by atoms with Crippen LogP contribution in [0, 0.1) is 11.6 Å². The van der Waals surface area contributed by atoms with Gasteiger partial charge < -0.3 is 9.88 Å². The number of hydrogen-bond donors (Lipinski definition) is 1. The summed E-state index contributed by atoms with van der Waals surface area (Å²) in [5.41, 5.74) is 0.0325. The van der Waals surface area contributed by atoms with Crippen molar-refractivity contribution in [1.29, 1.82) is 0 Å². The summed E-state index contributed by atoms with van der Waals surface area (Å²) in [5.74, 6) is -0.368. The van der Waals surface area contributed by atoms with E-state index in [-0.39, 0.29) is 16.6 Å². The summed E-state index contributed by atoms with van der Waals surface area (Å²) in [6.45, 7) is 3.49. The van der Waals surface area contributed by atoms with Crippen LogP contribution in [0.25, 0.3) is 0 Å². The first kappa shape index (κ1) is 14.1. The fourth-order valence-corrected chi connectivity index (χ4v) is 2.14. The molecule has 0 aliphatic heterocycles. The molecule has 0 aliphatic rings. The Morgan fingerprint density at radius 3 is 2.89 bits per heavy atom. The molecular formula is C13H14BrF2N3. The smallest absolute Gasteiger partial charge is 0.145 e. The number of hydrogen-bond acceptors (Lipinski definition) is 2. The highest BCUT2D eigenvalue weighted by molar-refractivity contribution is 9.10. The predicted molar refractivity (Wildman–Crippen MR) is 72.8 cm³/mol. The maximum Gasteiger partial charge on any atom is 0.145 e. The second-order valence-corrected chi connectivity index (χ2v) is 4.93. The van der Waals surface area contributed by atoms with Crippen molar-refractivity contribution in [2.24, 2.45) is 0 Å². The molecule has 0 unspecified atom stereocenters. The highest BCUT2D eigenvalue weighted by atomic mass is 79.9. The SMILES string of the molecule is CCNCc1nccn1Cc1c(F)ccc(Br)c1F. The molecule has 2 rings (SSSR count). The molecule has 1 aromatic carbocycles. The summed E-state index contributed by atoms with van der Waals surface area (Å²) in [6.07, 6.45) is 3.34. The van der Waals surface area contributed by atoms with Gasteiger partial charge in [-0.25, -0.2) is 13.8 Å². The first-order valence-corrected chi connectivity index (χ1v) is 6.76. The lowest BCUT2D eigenvalue weighted by Gasteiger charge is -2.10. The Morgan fingerprint density at radius 1 is 1.37 bits per heavy atom. The number of aromatic nitrogens is 2. The highest BCUT2D eigenvalue weighted by Crippen LogP contribution is 2.22. The number of nitrogens with zero attached hydrogens (tertiary/aromatic N) is 2. The molecule has 0 fully saturated rings. The van der Waals surface area contributed by atoms with Crippen molar-refractivity contribution in [3.8, 4) is 0 Å². The molecule has 102 valence electrons. The zero-order valence-electron chi connectivity index (χ0n) is 10.5. The van der Waals surface area contributed by atoms with E-state index in [2.05, 4.69) is 26.2 Å². The Labute approximate surface area is 118 Å². The lowest BCUT2D eigenvalue weighted by Crippen LogP contribution is -2.17. The molecule has 0 amide bonds. The minimum absolute atomic E-state index is 0.0325. The van der Waals surface area contributed by atoms with Crippen LogP contribution in [0.2, 0.25) is 0 Å². The van der Waals surface area contributed by atoms with Gasteiger partial charge >= 0.3 is 0 Å². The standard InChI is InChI=1S/C13H14BrF2N3/c1-2-17-7-12-18-5-6-19(12)8-9-11(15)4-3-10(14)13(9)16/h3-6,17H,2,7-8H2,1H3. The summed E-state index contributed by atoms with van der Waals surface area (Å²) >= 11 is 3.07. The molecule has 0 saturated heterocycles. The van der Waals surface area contributed by atoms with Gasteiger partial charge in [0.2, 0.25) is 0 Å². The molecule has 6 heteroatoms. The molecular weight excluding hydrogens is 316 g/mol. The summed E-state index contributed by atoms with van der Waals surface area (Å²) in [4.78, 5) is 4.18. The fraction of sp³-hybridized carbons (Fsp3) is 0.308. The van der Waals surface area contributed by atoms with Crippen LogP contribution in [0.5, 0.6) is 0 Å². The Balaban J connectivity index is 2.27. The zero-order valence-corrected chi connectivity index (χ0v) is 12.0. The molecule has 1 aromatic heterocycles. The summed E-state index contributed by atoms with van der Waals surface area (Å²) in [7, 11) is 0. The van der Waals surface area contributed by atoms with E-state index < -0.39 is 11.6 Å². The van der Waals surface area contributed by atoms with Gasteiger partial charge in [0.1, 0.15) is 17.5 Å². The van der Waals surface area contributed by atoms with Crippen molar-refractivity contribution in [3.63, 3.8) is 0 Å². The van der Waals surface area contributed by atoms with E-state index in [4.69, 9.17) is 0 Å². The van der Waals surface area contributed by atoms with Crippen LogP contribution < -0.4 is 5.32 Å². The van der Waals surface area contributed by atoms with Crippen molar-refractivity contribution in [3.05, 3.63) is 52.0 Å². The third-order valence-corrected chi connectivity index (χ3v) is 3.41. The van der Waals surface area contributed by atoms with Crippen molar-refractivity contribution in [1.82, 2.24) is 14.9 Å². The summed E-state index contributed by atoms with van der Waals surface area (Å²) < 4.78 is 29.6. The van der Waals surface area contributed by atoms with E-state index in [9.17, 15) is 8.78 Å². The average molecular weight is 330 g/mol. The highest BCUT2D eigenvalue weighted by Gasteiger charge is 2.14. The van der Waals surface area contributed by atoms with Crippen LogP contribution in [-0.2, 0) is 13.1 Å². The maximum atomic E-state index is 13.9. The Bertz CT molecular complexity index is 569. The van der Waals surface area contributed by atoms with Gasteiger partial charge in [-0.3, -0.25) is 0 Å². The van der Waals surface area contributed by atoms with Crippen LogP contribution in [-0.4, -0.2) is 16.1 Å².